The van der Waals surface area contributed by atoms with Gasteiger partial charge < -0.3 is 5.32 Å². The Hall–Kier alpha value is -1.62. The third kappa shape index (κ3) is 1.36. The second kappa shape index (κ2) is 3.45. The van der Waals surface area contributed by atoms with Crippen molar-refractivity contribution in [3.05, 3.63) is 23.8 Å². The fraction of sp³-hybridized carbons (Fsp3) is 0.455. The van der Waals surface area contributed by atoms with Crippen LogP contribution in [0.3, 0.4) is 0 Å². The minimum atomic E-state index is 0.893. The van der Waals surface area contributed by atoms with Crippen molar-refractivity contribution in [1.29, 1.82) is 0 Å². The van der Waals surface area contributed by atoms with Gasteiger partial charge in [-0.15, -0.1) is 0 Å². The number of fused-ring (bicyclic) bond motifs is 1. The van der Waals surface area contributed by atoms with Crippen LogP contribution in [0.25, 0.3) is 11.1 Å². The van der Waals surface area contributed by atoms with Crippen molar-refractivity contribution in [2.75, 3.05) is 6.54 Å². The molecule has 5 nitrogen and oxygen atoms in total. The molecule has 0 saturated heterocycles. The van der Waals surface area contributed by atoms with Crippen molar-refractivity contribution in [3.63, 3.8) is 0 Å². The lowest BCUT2D eigenvalue weighted by Gasteiger charge is -2.15. The van der Waals surface area contributed by atoms with Gasteiger partial charge in [-0.3, -0.25) is 9.36 Å². The summed E-state index contributed by atoms with van der Waals surface area (Å²) < 4.78 is 3.93. The van der Waals surface area contributed by atoms with Crippen LogP contribution in [0.4, 0.5) is 0 Å². The second-order valence-corrected chi connectivity index (χ2v) is 4.21. The molecule has 16 heavy (non-hydrogen) atoms. The number of hydrogen-bond donors (Lipinski definition) is 1. The maximum atomic E-state index is 4.42. The Morgan fingerprint density at radius 3 is 3.00 bits per heavy atom. The van der Waals surface area contributed by atoms with Crippen LogP contribution in [-0.4, -0.2) is 26.1 Å². The van der Waals surface area contributed by atoms with Gasteiger partial charge in [0.2, 0.25) is 0 Å². The van der Waals surface area contributed by atoms with Crippen LogP contribution in [0, 0.1) is 6.92 Å². The van der Waals surface area contributed by atoms with E-state index in [0.29, 0.717) is 0 Å². The van der Waals surface area contributed by atoms with Crippen molar-refractivity contribution < 1.29 is 0 Å². The highest BCUT2D eigenvalue weighted by atomic mass is 15.3. The van der Waals surface area contributed by atoms with Crippen LogP contribution >= 0.6 is 0 Å². The molecule has 0 atom stereocenters. The molecule has 84 valence electrons. The lowest BCUT2D eigenvalue weighted by atomic mass is 10.1. The van der Waals surface area contributed by atoms with E-state index in [9.17, 15) is 0 Å². The van der Waals surface area contributed by atoms with Gasteiger partial charge in [-0.2, -0.15) is 10.2 Å². The molecule has 2 aromatic heterocycles. The molecule has 0 amide bonds. The highest BCUT2D eigenvalue weighted by molar-refractivity contribution is 5.67. The van der Waals surface area contributed by atoms with Gasteiger partial charge in [0.15, 0.2) is 0 Å². The Morgan fingerprint density at radius 1 is 1.38 bits per heavy atom. The standard InChI is InChI=1S/C11H15N5/c1-8-10(7-15(2)14-8)9-5-13-16-4-3-12-6-11(9)16/h5,7,12H,3-4,6H2,1-2H3. The summed E-state index contributed by atoms with van der Waals surface area (Å²) in [5.74, 6) is 0. The summed E-state index contributed by atoms with van der Waals surface area (Å²) in [4.78, 5) is 0. The van der Waals surface area contributed by atoms with Crippen molar-refractivity contribution >= 4 is 0 Å². The monoisotopic (exact) mass is 217 g/mol. The average molecular weight is 217 g/mol. The van der Waals surface area contributed by atoms with Crippen molar-refractivity contribution in [2.24, 2.45) is 7.05 Å². The number of aryl methyl sites for hydroxylation is 2. The van der Waals surface area contributed by atoms with E-state index in [-0.39, 0.29) is 0 Å². The molecule has 3 rings (SSSR count). The Morgan fingerprint density at radius 2 is 2.25 bits per heavy atom. The predicted molar refractivity (Wildman–Crippen MR) is 60.9 cm³/mol. The summed E-state index contributed by atoms with van der Waals surface area (Å²) in [6, 6.07) is 0. The Bertz CT molecular complexity index is 522. The fourth-order valence-electron chi connectivity index (χ4n) is 2.27. The summed E-state index contributed by atoms with van der Waals surface area (Å²) in [6.45, 7) is 4.88. The minimum Gasteiger partial charge on any atom is -0.309 e. The zero-order valence-electron chi connectivity index (χ0n) is 9.56. The Labute approximate surface area is 94.1 Å². The van der Waals surface area contributed by atoms with Crippen LogP contribution in [-0.2, 0) is 20.1 Å². The largest absolute Gasteiger partial charge is 0.309 e. The molecule has 0 bridgehead atoms. The number of hydrogen-bond acceptors (Lipinski definition) is 3. The molecule has 0 radical (unpaired) electrons. The van der Waals surface area contributed by atoms with Gasteiger partial charge in [0.25, 0.3) is 0 Å². The molecular formula is C11H15N5. The van der Waals surface area contributed by atoms with Gasteiger partial charge in [-0.25, -0.2) is 0 Å². The first kappa shape index (κ1) is 9.59. The SMILES string of the molecule is Cc1nn(C)cc1-c1cnn2c1CNCC2. The first-order valence-corrected chi connectivity index (χ1v) is 5.52. The van der Waals surface area contributed by atoms with Gasteiger partial charge in [-0.05, 0) is 6.92 Å². The van der Waals surface area contributed by atoms with E-state index < -0.39 is 0 Å². The van der Waals surface area contributed by atoms with Crippen LogP contribution in [0.1, 0.15) is 11.4 Å². The maximum absolute atomic E-state index is 4.42. The highest BCUT2D eigenvalue weighted by Crippen LogP contribution is 2.26. The molecule has 3 heterocycles. The summed E-state index contributed by atoms with van der Waals surface area (Å²) in [6.07, 6.45) is 4.01. The van der Waals surface area contributed by atoms with E-state index in [1.165, 1.54) is 16.8 Å². The molecule has 0 fully saturated rings. The molecule has 2 aromatic rings. The normalized spacial score (nSPS) is 15.1. The van der Waals surface area contributed by atoms with E-state index in [4.69, 9.17) is 0 Å². The summed E-state index contributed by atoms with van der Waals surface area (Å²) in [5, 5.41) is 12.2. The zero-order valence-corrected chi connectivity index (χ0v) is 9.56. The molecule has 0 spiro atoms. The number of aromatic nitrogens is 4. The minimum absolute atomic E-state index is 0.893. The van der Waals surface area contributed by atoms with Crippen LogP contribution < -0.4 is 5.32 Å². The molecule has 1 N–H and O–H groups in total. The van der Waals surface area contributed by atoms with Crippen LogP contribution in [0.15, 0.2) is 12.4 Å². The van der Waals surface area contributed by atoms with Gasteiger partial charge in [0.05, 0.1) is 24.1 Å². The molecule has 0 unspecified atom stereocenters. The van der Waals surface area contributed by atoms with E-state index in [1.54, 1.807) is 0 Å². The van der Waals surface area contributed by atoms with Crippen molar-refractivity contribution in [2.45, 2.75) is 20.0 Å². The van der Waals surface area contributed by atoms with E-state index in [2.05, 4.69) is 26.4 Å². The highest BCUT2D eigenvalue weighted by Gasteiger charge is 2.17. The summed E-state index contributed by atoms with van der Waals surface area (Å²) in [5.41, 5.74) is 4.72. The number of rotatable bonds is 1. The first-order chi connectivity index (χ1) is 7.75. The lowest BCUT2D eigenvalue weighted by molar-refractivity contribution is 0.476. The molecule has 0 saturated carbocycles. The molecule has 0 aliphatic carbocycles. The quantitative estimate of drug-likeness (QED) is 0.764. The predicted octanol–water partition coefficient (Wildman–Crippen LogP) is 0.695. The second-order valence-electron chi connectivity index (χ2n) is 4.21. The first-order valence-electron chi connectivity index (χ1n) is 5.52. The lowest BCUT2D eigenvalue weighted by Crippen LogP contribution is -2.28. The van der Waals surface area contributed by atoms with Crippen molar-refractivity contribution in [1.82, 2.24) is 24.9 Å². The topological polar surface area (TPSA) is 47.7 Å². The molecular weight excluding hydrogens is 202 g/mol. The van der Waals surface area contributed by atoms with Crippen LogP contribution in [0.2, 0.25) is 0 Å². The zero-order chi connectivity index (χ0) is 11.1. The van der Waals surface area contributed by atoms with Gasteiger partial charge in [0.1, 0.15) is 0 Å². The van der Waals surface area contributed by atoms with Crippen molar-refractivity contribution in [3.8, 4) is 11.1 Å². The molecule has 1 aliphatic rings. The van der Waals surface area contributed by atoms with Gasteiger partial charge in [0, 0.05) is 37.5 Å². The Kier molecular flexibility index (Phi) is 2.07. The Balaban J connectivity index is 2.13. The smallest absolute Gasteiger partial charge is 0.0673 e. The van der Waals surface area contributed by atoms with Gasteiger partial charge in [-0.1, -0.05) is 0 Å². The summed E-state index contributed by atoms with van der Waals surface area (Å²) >= 11 is 0. The number of nitrogens with one attached hydrogen (secondary N) is 1. The third-order valence-corrected chi connectivity index (χ3v) is 3.05. The summed E-state index contributed by atoms with van der Waals surface area (Å²) in [7, 11) is 1.95. The van der Waals surface area contributed by atoms with E-state index in [0.717, 1.165) is 25.3 Å². The maximum Gasteiger partial charge on any atom is 0.0673 e. The molecule has 5 heteroatoms. The number of nitrogens with zero attached hydrogens (tertiary/aromatic N) is 4. The molecule has 0 aromatic carbocycles. The van der Waals surface area contributed by atoms with E-state index in [1.807, 2.05) is 24.9 Å². The molecule has 1 aliphatic heterocycles. The fourth-order valence-corrected chi connectivity index (χ4v) is 2.27. The van der Waals surface area contributed by atoms with E-state index >= 15 is 0 Å². The van der Waals surface area contributed by atoms with Gasteiger partial charge >= 0.3 is 0 Å². The van der Waals surface area contributed by atoms with Crippen LogP contribution in [0.5, 0.6) is 0 Å². The third-order valence-electron chi connectivity index (χ3n) is 3.05. The average Bonchev–Trinajstić information content (AvgIpc) is 2.81.